The van der Waals surface area contributed by atoms with E-state index in [1.54, 1.807) is 0 Å². The van der Waals surface area contributed by atoms with Crippen molar-refractivity contribution in [1.29, 1.82) is 0 Å². The molecular weight excluding hydrogens is 186 g/mol. The van der Waals surface area contributed by atoms with Crippen LogP contribution in [0.25, 0.3) is 0 Å². The highest BCUT2D eigenvalue weighted by atomic mass is 16.5. The molecule has 2 atom stereocenters. The van der Waals surface area contributed by atoms with Crippen molar-refractivity contribution in [2.45, 2.75) is 19.1 Å². The Kier molecular flexibility index (Phi) is 3.84. The summed E-state index contributed by atoms with van der Waals surface area (Å²) in [6.45, 7) is 3.26. The summed E-state index contributed by atoms with van der Waals surface area (Å²) >= 11 is 0. The monoisotopic (exact) mass is 201 g/mol. The van der Waals surface area contributed by atoms with E-state index in [2.05, 4.69) is 10.6 Å². The number of morpholine rings is 1. The van der Waals surface area contributed by atoms with Gasteiger partial charge in [0.15, 0.2) is 0 Å². The highest BCUT2D eigenvalue weighted by Gasteiger charge is 2.23. The Hall–Kier alpha value is -1.14. The molecule has 0 aliphatic carbocycles. The Morgan fingerprint density at radius 2 is 2.36 bits per heavy atom. The van der Waals surface area contributed by atoms with Crippen LogP contribution in [0.4, 0.5) is 0 Å². The number of nitrogens with two attached hydrogens (primary N) is 1. The molecule has 0 spiro atoms. The van der Waals surface area contributed by atoms with Crippen LogP contribution in [0.1, 0.15) is 6.92 Å². The Balaban J connectivity index is 2.36. The lowest BCUT2D eigenvalue weighted by atomic mass is 10.2. The molecule has 0 unspecified atom stereocenters. The maximum atomic E-state index is 11.4. The lowest BCUT2D eigenvalue weighted by Crippen LogP contribution is -2.52. The van der Waals surface area contributed by atoms with E-state index >= 15 is 0 Å². The maximum absolute atomic E-state index is 11.4. The average Bonchev–Trinajstić information content (AvgIpc) is 2.19. The van der Waals surface area contributed by atoms with Gasteiger partial charge in [0.2, 0.25) is 5.91 Å². The van der Waals surface area contributed by atoms with Crippen molar-refractivity contribution in [3.8, 4) is 0 Å². The van der Waals surface area contributed by atoms with E-state index < -0.39 is 18.1 Å². The third-order valence-electron chi connectivity index (χ3n) is 2.01. The van der Waals surface area contributed by atoms with Gasteiger partial charge in [-0.2, -0.15) is 0 Å². The van der Waals surface area contributed by atoms with Crippen molar-refractivity contribution in [1.82, 2.24) is 10.6 Å². The Morgan fingerprint density at radius 1 is 1.64 bits per heavy atom. The van der Waals surface area contributed by atoms with Gasteiger partial charge in [0.1, 0.15) is 12.1 Å². The fourth-order valence-electron chi connectivity index (χ4n) is 1.11. The first-order valence-corrected chi connectivity index (χ1v) is 4.53. The van der Waals surface area contributed by atoms with Gasteiger partial charge in [-0.3, -0.25) is 9.59 Å². The SMILES string of the molecule is C[C@H](NC(=O)[C@@H]1CNCCO1)C(N)=O. The molecule has 4 N–H and O–H groups in total. The summed E-state index contributed by atoms with van der Waals surface area (Å²) in [4.78, 5) is 22.1. The molecule has 1 aliphatic heterocycles. The van der Waals surface area contributed by atoms with E-state index in [0.29, 0.717) is 13.2 Å². The third kappa shape index (κ3) is 2.97. The summed E-state index contributed by atoms with van der Waals surface area (Å²) in [6.07, 6.45) is -0.523. The van der Waals surface area contributed by atoms with E-state index in [1.807, 2.05) is 0 Å². The standard InChI is InChI=1S/C8H15N3O3/c1-5(7(9)12)11-8(13)6-4-10-2-3-14-6/h5-6,10H,2-4H2,1H3,(H2,9,12)(H,11,13)/t5-,6-/m0/s1. The number of hydrogen-bond acceptors (Lipinski definition) is 4. The van der Waals surface area contributed by atoms with Crippen LogP contribution in [0.2, 0.25) is 0 Å². The van der Waals surface area contributed by atoms with Gasteiger partial charge in [-0.05, 0) is 6.92 Å². The summed E-state index contributed by atoms with van der Waals surface area (Å²) in [5.41, 5.74) is 5.00. The molecule has 0 radical (unpaired) electrons. The molecule has 2 amide bonds. The quantitative estimate of drug-likeness (QED) is 0.490. The number of carbonyl (C=O) groups is 2. The second kappa shape index (κ2) is 4.92. The number of primary amides is 1. The normalized spacial score (nSPS) is 23.9. The smallest absolute Gasteiger partial charge is 0.251 e. The second-order valence-corrected chi connectivity index (χ2v) is 3.20. The Labute approximate surface area is 82.2 Å². The predicted octanol–water partition coefficient (Wildman–Crippen LogP) is -2.04. The van der Waals surface area contributed by atoms with Gasteiger partial charge in [-0.1, -0.05) is 0 Å². The molecule has 1 saturated heterocycles. The highest BCUT2D eigenvalue weighted by Crippen LogP contribution is 1.96. The minimum absolute atomic E-state index is 0.302. The largest absolute Gasteiger partial charge is 0.368 e. The molecule has 1 fully saturated rings. The van der Waals surface area contributed by atoms with Gasteiger partial charge in [0.25, 0.3) is 5.91 Å². The molecule has 6 heteroatoms. The first kappa shape index (κ1) is 10.9. The lowest BCUT2D eigenvalue weighted by molar-refractivity contribution is -0.137. The average molecular weight is 201 g/mol. The zero-order chi connectivity index (χ0) is 10.6. The number of carbonyl (C=O) groups excluding carboxylic acids is 2. The van der Waals surface area contributed by atoms with Crippen molar-refractivity contribution < 1.29 is 14.3 Å². The number of nitrogens with one attached hydrogen (secondary N) is 2. The van der Waals surface area contributed by atoms with Crippen LogP contribution in [0.15, 0.2) is 0 Å². The summed E-state index contributed by atoms with van der Waals surface area (Å²) < 4.78 is 5.19. The lowest BCUT2D eigenvalue weighted by Gasteiger charge is -2.23. The topological polar surface area (TPSA) is 93.4 Å². The second-order valence-electron chi connectivity index (χ2n) is 3.20. The van der Waals surface area contributed by atoms with Gasteiger partial charge >= 0.3 is 0 Å². The molecule has 14 heavy (non-hydrogen) atoms. The summed E-state index contributed by atoms with van der Waals surface area (Å²) in [5, 5.41) is 5.49. The van der Waals surface area contributed by atoms with Crippen LogP contribution >= 0.6 is 0 Å². The Morgan fingerprint density at radius 3 is 2.86 bits per heavy atom. The van der Waals surface area contributed by atoms with E-state index in [0.717, 1.165) is 6.54 Å². The first-order valence-electron chi connectivity index (χ1n) is 4.53. The van der Waals surface area contributed by atoms with E-state index in [1.165, 1.54) is 6.92 Å². The maximum Gasteiger partial charge on any atom is 0.251 e. The molecule has 0 saturated carbocycles. The molecule has 80 valence electrons. The molecule has 1 rings (SSSR count). The molecule has 0 aromatic heterocycles. The summed E-state index contributed by atoms with van der Waals surface area (Å²) in [6, 6.07) is -0.659. The summed E-state index contributed by atoms with van der Waals surface area (Å²) in [7, 11) is 0. The minimum Gasteiger partial charge on any atom is -0.368 e. The molecule has 0 aromatic rings. The molecule has 0 bridgehead atoms. The van der Waals surface area contributed by atoms with Crippen LogP contribution in [-0.4, -0.2) is 43.7 Å². The fraction of sp³-hybridized carbons (Fsp3) is 0.750. The van der Waals surface area contributed by atoms with Crippen LogP contribution in [0, 0.1) is 0 Å². The minimum atomic E-state index is -0.659. The zero-order valence-electron chi connectivity index (χ0n) is 8.08. The third-order valence-corrected chi connectivity index (χ3v) is 2.01. The van der Waals surface area contributed by atoms with Gasteiger partial charge < -0.3 is 21.1 Å². The summed E-state index contributed by atoms with van der Waals surface area (Å²) in [5.74, 6) is -0.856. The number of ether oxygens (including phenoxy) is 1. The van der Waals surface area contributed by atoms with E-state index in [9.17, 15) is 9.59 Å². The van der Waals surface area contributed by atoms with Crippen LogP contribution in [0.3, 0.4) is 0 Å². The van der Waals surface area contributed by atoms with Crippen LogP contribution in [-0.2, 0) is 14.3 Å². The van der Waals surface area contributed by atoms with Crippen molar-refractivity contribution in [3.63, 3.8) is 0 Å². The van der Waals surface area contributed by atoms with Gasteiger partial charge in [-0.25, -0.2) is 0 Å². The van der Waals surface area contributed by atoms with Crippen molar-refractivity contribution in [2.75, 3.05) is 19.7 Å². The Bertz CT molecular complexity index is 226. The van der Waals surface area contributed by atoms with Gasteiger partial charge in [0.05, 0.1) is 6.61 Å². The molecular formula is C8H15N3O3. The van der Waals surface area contributed by atoms with Crippen molar-refractivity contribution in [3.05, 3.63) is 0 Å². The number of amides is 2. The first-order chi connectivity index (χ1) is 6.61. The number of hydrogen-bond donors (Lipinski definition) is 3. The van der Waals surface area contributed by atoms with Crippen LogP contribution < -0.4 is 16.4 Å². The molecule has 6 nitrogen and oxygen atoms in total. The molecule has 1 heterocycles. The van der Waals surface area contributed by atoms with Gasteiger partial charge in [0, 0.05) is 13.1 Å². The van der Waals surface area contributed by atoms with Crippen LogP contribution in [0.5, 0.6) is 0 Å². The van der Waals surface area contributed by atoms with Crippen molar-refractivity contribution in [2.24, 2.45) is 5.73 Å². The number of rotatable bonds is 3. The fourth-order valence-corrected chi connectivity index (χ4v) is 1.11. The molecule has 1 aliphatic rings. The van der Waals surface area contributed by atoms with Crippen molar-refractivity contribution >= 4 is 11.8 Å². The zero-order valence-corrected chi connectivity index (χ0v) is 8.08. The van der Waals surface area contributed by atoms with Gasteiger partial charge in [-0.15, -0.1) is 0 Å². The van der Waals surface area contributed by atoms with E-state index in [-0.39, 0.29) is 5.91 Å². The predicted molar refractivity (Wildman–Crippen MR) is 49.4 cm³/mol. The highest BCUT2D eigenvalue weighted by molar-refractivity contribution is 5.88. The molecule has 0 aromatic carbocycles. The van der Waals surface area contributed by atoms with E-state index in [4.69, 9.17) is 10.5 Å².